The molecule has 0 radical (unpaired) electrons. The Kier molecular flexibility index (Phi) is 3.31. The molecule has 0 aliphatic heterocycles. The normalized spacial score (nSPS) is 12.4. The fourth-order valence-electron chi connectivity index (χ4n) is 1.42. The molecule has 2 rings (SSSR count). The van der Waals surface area contributed by atoms with Crippen molar-refractivity contribution < 1.29 is 9.50 Å². The minimum atomic E-state index is -0.786. The topological polar surface area (TPSA) is 33.1 Å². The molecule has 1 N–H and O–H groups in total. The molecule has 82 valence electrons. The molecular formula is C12H9BrFNO. The summed E-state index contributed by atoms with van der Waals surface area (Å²) >= 11 is 3.28. The summed E-state index contributed by atoms with van der Waals surface area (Å²) in [5.74, 6) is -0.316. The first-order valence-electron chi connectivity index (χ1n) is 4.71. The highest BCUT2D eigenvalue weighted by atomic mass is 79.9. The maximum Gasteiger partial charge on any atom is 0.123 e. The molecule has 1 unspecified atom stereocenters. The van der Waals surface area contributed by atoms with Crippen LogP contribution in [0.3, 0.4) is 0 Å². The van der Waals surface area contributed by atoms with E-state index in [1.54, 1.807) is 30.6 Å². The van der Waals surface area contributed by atoms with Gasteiger partial charge in [0, 0.05) is 22.4 Å². The van der Waals surface area contributed by atoms with Crippen LogP contribution in [0, 0.1) is 5.82 Å². The Balaban J connectivity index is 2.31. The van der Waals surface area contributed by atoms with Crippen LogP contribution in [0.2, 0.25) is 0 Å². The van der Waals surface area contributed by atoms with Gasteiger partial charge in [0.1, 0.15) is 11.9 Å². The fraction of sp³-hybridized carbons (Fsp3) is 0.0833. The molecule has 4 heteroatoms. The fourth-order valence-corrected chi connectivity index (χ4v) is 1.80. The molecule has 2 aromatic rings. The number of hydrogen-bond donors (Lipinski definition) is 1. The van der Waals surface area contributed by atoms with Crippen LogP contribution < -0.4 is 0 Å². The standard InChI is InChI=1S/C12H9BrFNO/c13-10-5-9(6-15-7-10)12(16)8-1-3-11(14)4-2-8/h1-7,12,16H. The summed E-state index contributed by atoms with van der Waals surface area (Å²) < 4.78 is 13.5. The zero-order chi connectivity index (χ0) is 11.5. The molecule has 1 atom stereocenters. The lowest BCUT2D eigenvalue weighted by atomic mass is 10.0. The van der Waals surface area contributed by atoms with Crippen LogP contribution >= 0.6 is 15.9 Å². The van der Waals surface area contributed by atoms with E-state index in [4.69, 9.17) is 0 Å². The van der Waals surface area contributed by atoms with E-state index in [1.807, 2.05) is 0 Å². The van der Waals surface area contributed by atoms with Gasteiger partial charge in [0.25, 0.3) is 0 Å². The average Bonchev–Trinajstić information content (AvgIpc) is 2.29. The molecule has 0 fully saturated rings. The third-order valence-electron chi connectivity index (χ3n) is 2.23. The van der Waals surface area contributed by atoms with Crippen molar-refractivity contribution in [3.63, 3.8) is 0 Å². The zero-order valence-electron chi connectivity index (χ0n) is 8.27. The zero-order valence-corrected chi connectivity index (χ0v) is 9.86. The molecule has 1 heterocycles. The third kappa shape index (κ3) is 2.46. The summed E-state index contributed by atoms with van der Waals surface area (Å²) in [6.45, 7) is 0. The van der Waals surface area contributed by atoms with Crippen molar-refractivity contribution in [1.29, 1.82) is 0 Å². The smallest absolute Gasteiger partial charge is 0.123 e. The van der Waals surface area contributed by atoms with Crippen molar-refractivity contribution in [3.8, 4) is 0 Å². The first kappa shape index (κ1) is 11.2. The van der Waals surface area contributed by atoms with Crippen LogP contribution in [-0.4, -0.2) is 10.1 Å². The number of hydrogen-bond acceptors (Lipinski definition) is 2. The second-order valence-corrected chi connectivity index (χ2v) is 4.31. The van der Waals surface area contributed by atoms with Gasteiger partial charge in [0.05, 0.1) is 0 Å². The number of rotatable bonds is 2. The number of aliphatic hydroxyl groups excluding tert-OH is 1. The molecule has 1 aromatic heterocycles. The first-order chi connectivity index (χ1) is 7.66. The van der Waals surface area contributed by atoms with Gasteiger partial charge in [-0.25, -0.2) is 4.39 Å². The van der Waals surface area contributed by atoms with Crippen LogP contribution in [0.4, 0.5) is 4.39 Å². The Labute approximate surface area is 101 Å². The van der Waals surface area contributed by atoms with Gasteiger partial charge >= 0.3 is 0 Å². The van der Waals surface area contributed by atoms with Gasteiger partial charge in [-0.3, -0.25) is 4.98 Å². The largest absolute Gasteiger partial charge is 0.384 e. The third-order valence-corrected chi connectivity index (χ3v) is 2.66. The number of pyridine rings is 1. The minimum Gasteiger partial charge on any atom is -0.384 e. The molecular weight excluding hydrogens is 273 g/mol. The van der Waals surface area contributed by atoms with Gasteiger partial charge in [-0.15, -0.1) is 0 Å². The highest BCUT2D eigenvalue weighted by Crippen LogP contribution is 2.23. The van der Waals surface area contributed by atoms with E-state index in [9.17, 15) is 9.50 Å². The maximum absolute atomic E-state index is 12.7. The van der Waals surface area contributed by atoms with Gasteiger partial charge in [-0.2, -0.15) is 0 Å². The maximum atomic E-state index is 12.7. The van der Waals surface area contributed by atoms with Gasteiger partial charge in [-0.05, 0) is 39.7 Å². The number of benzene rings is 1. The Morgan fingerprint density at radius 1 is 1.12 bits per heavy atom. The predicted octanol–water partition coefficient (Wildman–Crippen LogP) is 3.06. The van der Waals surface area contributed by atoms with Crippen molar-refractivity contribution in [1.82, 2.24) is 4.98 Å². The van der Waals surface area contributed by atoms with E-state index >= 15 is 0 Å². The lowest BCUT2D eigenvalue weighted by Gasteiger charge is -2.11. The predicted molar refractivity (Wildman–Crippen MR) is 62.4 cm³/mol. The van der Waals surface area contributed by atoms with Gasteiger partial charge in [0.2, 0.25) is 0 Å². The van der Waals surface area contributed by atoms with E-state index in [2.05, 4.69) is 20.9 Å². The monoisotopic (exact) mass is 281 g/mol. The highest BCUT2D eigenvalue weighted by Gasteiger charge is 2.10. The second-order valence-electron chi connectivity index (χ2n) is 3.39. The van der Waals surface area contributed by atoms with Crippen molar-refractivity contribution in [2.24, 2.45) is 0 Å². The van der Waals surface area contributed by atoms with Gasteiger partial charge < -0.3 is 5.11 Å². The van der Waals surface area contributed by atoms with E-state index in [0.29, 0.717) is 11.1 Å². The Bertz CT molecular complexity index is 487. The Morgan fingerprint density at radius 2 is 1.81 bits per heavy atom. The van der Waals surface area contributed by atoms with E-state index in [1.165, 1.54) is 12.1 Å². The molecule has 0 amide bonds. The lowest BCUT2D eigenvalue weighted by molar-refractivity contribution is 0.219. The quantitative estimate of drug-likeness (QED) is 0.918. The number of halogens is 2. The number of nitrogens with zero attached hydrogens (tertiary/aromatic N) is 1. The van der Waals surface area contributed by atoms with Crippen LogP contribution in [0.1, 0.15) is 17.2 Å². The van der Waals surface area contributed by atoms with Crippen LogP contribution in [0.5, 0.6) is 0 Å². The summed E-state index contributed by atoms with van der Waals surface area (Å²) in [7, 11) is 0. The van der Waals surface area contributed by atoms with Crippen molar-refractivity contribution in [3.05, 3.63) is 64.1 Å². The van der Waals surface area contributed by atoms with E-state index < -0.39 is 6.10 Å². The minimum absolute atomic E-state index is 0.316. The van der Waals surface area contributed by atoms with Gasteiger partial charge in [0.15, 0.2) is 0 Å². The number of aromatic nitrogens is 1. The molecule has 2 nitrogen and oxygen atoms in total. The summed E-state index contributed by atoms with van der Waals surface area (Å²) in [6, 6.07) is 7.54. The molecule has 0 aliphatic rings. The van der Waals surface area contributed by atoms with Crippen molar-refractivity contribution in [2.45, 2.75) is 6.10 Å². The summed E-state index contributed by atoms with van der Waals surface area (Å²) in [6.07, 6.45) is 2.44. The van der Waals surface area contributed by atoms with Crippen LogP contribution in [0.25, 0.3) is 0 Å². The number of aliphatic hydroxyl groups is 1. The Morgan fingerprint density at radius 3 is 2.44 bits per heavy atom. The lowest BCUT2D eigenvalue weighted by Crippen LogP contribution is -2.00. The van der Waals surface area contributed by atoms with Crippen LogP contribution in [-0.2, 0) is 0 Å². The summed E-state index contributed by atoms with van der Waals surface area (Å²) in [5, 5.41) is 10.0. The van der Waals surface area contributed by atoms with E-state index in [0.717, 1.165) is 4.47 Å². The summed E-state index contributed by atoms with van der Waals surface area (Å²) in [5.41, 5.74) is 1.31. The SMILES string of the molecule is OC(c1ccc(F)cc1)c1cncc(Br)c1. The highest BCUT2D eigenvalue weighted by molar-refractivity contribution is 9.10. The van der Waals surface area contributed by atoms with E-state index in [-0.39, 0.29) is 5.82 Å². The summed E-state index contributed by atoms with van der Waals surface area (Å²) in [4.78, 5) is 3.97. The second kappa shape index (κ2) is 4.72. The average molecular weight is 282 g/mol. The molecule has 1 aromatic carbocycles. The van der Waals surface area contributed by atoms with Crippen LogP contribution in [0.15, 0.2) is 47.2 Å². The molecule has 0 aliphatic carbocycles. The molecule has 0 saturated carbocycles. The molecule has 0 bridgehead atoms. The molecule has 16 heavy (non-hydrogen) atoms. The first-order valence-corrected chi connectivity index (χ1v) is 5.50. The molecule has 0 spiro atoms. The Hall–Kier alpha value is -1.26. The van der Waals surface area contributed by atoms with Gasteiger partial charge in [-0.1, -0.05) is 12.1 Å². The van der Waals surface area contributed by atoms with Crippen molar-refractivity contribution in [2.75, 3.05) is 0 Å². The molecule has 0 saturated heterocycles. The van der Waals surface area contributed by atoms with Crippen molar-refractivity contribution >= 4 is 15.9 Å².